The molecule has 0 amide bonds. The van der Waals surface area contributed by atoms with E-state index in [1.54, 1.807) is 17.5 Å². The van der Waals surface area contributed by atoms with Crippen molar-refractivity contribution in [2.24, 2.45) is 5.11 Å². The summed E-state index contributed by atoms with van der Waals surface area (Å²) in [4.78, 5) is 2.96. The van der Waals surface area contributed by atoms with Crippen molar-refractivity contribution in [3.63, 3.8) is 0 Å². The number of azide groups is 1. The normalized spacial score (nSPS) is 13.6. The first-order valence-electron chi connectivity index (χ1n) is 3.62. The van der Waals surface area contributed by atoms with Gasteiger partial charge in [0.25, 0.3) is 0 Å². The average molecular weight is 290 g/mol. The van der Waals surface area contributed by atoms with E-state index in [4.69, 9.17) is 5.53 Å². The zero-order chi connectivity index (χ0) is 9.68. The van der Waals surface area contributed by atoms with Gasteiger partial charge in [0.1, 0.15) is 12.3 Å². The predicted octanol–water partition coefficient (Wildman–Crippen LogP) is 2.43. The second kappa shape index (κ2) is 7.32. The summed E-state index contributed by atoms with van der Waals surface area (Å²) in [5.74, 6) is 0. The fraction of sp³-hybridized carbons (Fsp3) is 0.429. The van der Waals surface area contributed by atoms with Gasteiger partial charge >= 0.3 is 0 Å². The second-order valence-corrected chi connectivity index (χ2v) is 3.37. The van der Waals surface area contributed by atoms with Crippen LogP contribution in [-0.4, -0.2) is 17.8 Å². The summed E-state index contributed by atoms with van der Waals surface area (Å²) in [7, 11) is 0. The van der Waals surface area contributed by atoms with Crippen molar-refractivity contribution in [2.45, 2.75) is 12.3 Å². The molecule has 0 saturated heterocycles. The standard InChI is InChI=1S/C7H8FN3OS.Y/c8-5(4-10-11-9)7(12)6-2-1-3-13-6;/h1-3,5,7,12H,4H2;. The molecule has 0 fully saturated rings. The van der Waals surface area contributed by atoms with Gasteiger partial charge in [-0.2, -0.15) is 0 Å². The Labute approximate surface area is 110 Å². The fourth-order valence-corrected chi connectivity index (χ4v) is 1.61. The number of aliphatic hydroxyl groups excluding tert-OH is 1. The molecule has 0 spiro atoms. The summed E-state index contributed by atoms with van der Waals surface area (Å²) < 4.78 is 13.0. The maximum atomic E-state index is 13.0. The van der Waals surface area contributed by atoms with Crippen LogP contribution in [-0.2, 0) is 32.7 Å². The summed E-state index contributed by atoms with van der Waals surface area (Å²) >= 11 is 1.27. The molecule has 0 saturated carbocycles. The molecule has 7 heteroatoms. The minimum absolute atomic E-state index is 0. The van der Waals surface area contributed by atoms with E-state index in [-0.39, 0.29) is 39.3 Å². The Bertz CT molecular complexity index is 302. The number of halogens is 1. The molecule has 2 unspecified atom stereocenters. The van der Waals surface area contributed by atoms with Crippen LogP contribution in [0.15, 0.2) is 22.6 Å². The van der Waals surface area contributed by atoms with E-state index in [0.29, 0.717) is 4.88 Å². The number of aliphatic hydroxyl groups is 1. The third-order valence-corrected chi connectivity index (χ3v) is 2.44. The van der Waals surface area contributed by atoms with Gasteiger partial charge in [0.05, 0.1) is 6.54 Å². The smallest absolute Gasteiger partial charge is 0.136 e. The number of hydrogen-bond acceptors (Lipinski definition) is 3. The number of nitrogens with zero attached hydrogens (tertiary/aromatic N) is 3. The van der Waals surface area contributed by atoms with Gasteiger partial charge in [-0.1, -0.05) is 11.2 Å². The number of alkyl halides is 1. The van der Waals surface area contributed by atoms with Crippen LogP contribution in [0.2, 0.25) is 0 Å². The summed E-state index contributed by atoms with van der Waals surface area (Å²) in [5, 5.41) is 14.2. The maximum Gasteiger partial charge on any atom is 0.136 e. The van der Waals surface area contributed by atoms with E-state index >= 15 is 0 Å². The van der Waals surface area contributed by atoms with E-state index in [2.05, 4.69) is 10.0 Å². The summed E-state index contributed by atoms with van der Waals surface area (Å²) in [6.07, 6.45) is -2.72. The van der Waals surface area contributed by atoms with Gasteiger partial charge < -0.3 is 5.11 Å². The van der Waals surface area contributed by atoms with E-state index in [9.17, 15) is 9.50 Å². The zero-order valence-corrected chi connectivity index (χ0v) is 10.9. The van der Waals surface area contributed by atoms with Crippen molar-refractivity contribution in [3.05, 3.63) is 32.8 Å². The Hall–Kier alpha value is 0.00390. The molecule has 1 N–H and O–H groups in total. The first kappa shape index (κ1) is 14.0. The van der Waals surface area contributed by atoms with Gasteiger partial charge in [0.15, 0.2) is 0 Å². The molecule has 1 heterocycles. The minimum Gasteiger partial charge on any atom is -0.385 e. The van der Waals surface area contributed by atoms with Gasteiger partial charge in [-0.3, -0.25) is 0 Å². The average Bonchev–Trinajstić information content (AvgIpc) is 2.65. The fourth-order valence-electron chi connectivity index (χ4n) is 0.852. The van der Waals surface area contributed by atoms with Crippen LogP contribution < -0.4 is 0 Å². The molecule has 2 atom stereocenters. The van der Waals surface area contributed by atoms with Gasteiger partial charge in [-0.15, -0.1) is 11.3 Å². The molecule has 0 aliphatic rings. The van der Waals surface area contributed by atoms with Crippen LogP contribution in [0.5, 0.6) is 0 Å². The SMILES string of the molecule is [N-]=[N+]=NCC(F)C(O)c1cccs1.[Y]. The van der Waals surface area contributed by atoms with Crippen molar-refractivity contribution in [3.8, 4) is 0 Å². The maximum absolute atomic E-state index is 13.0. The van der Waals surface area contributed by atoms with Crippen molar-refractivity contribution < 1.29 is 42.2 Å². The van der Waals surface area contributed by atoms with Crippen LogP contribution in [0.25, 0.3) is 10.4 Å². The van der Waals surface area contributed by atoms with E-state index in [1.807, 2.05) is 0 Å². The third kappa shape index (κ3) is 4.02. The summed E-state index contributed by atoms with van der Waals surface area (Å²) in [5.41, 5.74) is 7.94. The van der Waals surface area contributed by atoms with Crippen LogP contribution in [0, 0.1) is 0 Å². The molecule has 4 nitrogen and oxygen atoms in total. The molecule has 1 aromatic heterocycles. The van der Waals surface area contributed by atoms with Crippen LogP contribution in [0.1, 0.15) is 11.0 Å². The molecular formula is C7H8FN3OSY. The molecule has 0 aromatic carbocycles. The quantitative estimate of drug-likeness (QED) is 0.516. The Morgan fingerprint density at radius 2 is 2.43 bits per heavy atom. The van der Waals surface area contributed by atoms with Gasteiger partial charge in [0, 0.05) is 42.5 Å². The Kier molecular flexibility index (Phi) is 7.32. The molecule has 1 radical (unpaired) electrons. The number of rotatable bonds is 4. The number of thiophene rings is 1. The molecular weight excluding hydrogens is 282 g/mol. The van der Waals surface area contributed by atoms with Crippen molar-refractivity contribution in [2.75, 3.05) is 6.54 Å². The number of hydrogen-bond donors (Lipinski definition) is 1. The van der Waals surface area contributed by atoms with Crippen LogP contribution in [0.4, 0.5) is 4.39 Å². The Balaban J connectivity index is 0.00000169. The molecule has 0 aliphatic heterocycles. The zero-order valence-electron chi connectivity index (χ0n) is 7.25. The molecule has 0 bridgehead atoms. The Morgan fingerprint density at radius 3 is 2.93 bits per heavy atom. The van der Waals surface area contributed by atoms with E-state index < -0.39 is 12.3 Å². The topological polar surface area (TPSA) is 69.0 Å². The summed E-state index contributed by atoms with van der Waals surface area (Å²) in [6, 6.07) is 3.36. The molecule has 14 heavy (non-hydrogen) atoms. The third-order valence-electron chi connectivity index (χ3n) is 1.50. The minimum atomic E-state index is -1.53. The first-order chi connectivity index (χ1) is 6.25. The predicted molar refractivity (Wildman–Crippen MR) is 48.2 cm³/mol. The molecule has 1 aromatic rings. The summed E-state index contributed by atoms with van der Waals surface area (Å²) in [6.45, 7) is -0.338. The van der Waals surface area contributed by atoms with E-state index in [0.717, 1.165) is 0 Å². The van der Waals surface area contributed by atoms with Crippen molar-refractivity contribution in [1.29, 1.82) is 0 Å². The van der Waals surface area contributed by atoms with Crippen molar-refractivity contribution in [1.82, 2.24) is 0 Å². The monoisotopic (exact) mass is 290 g/mol. The second-order valence-electron chi connectivity index (χ2n) is 2.39. The first-order valence-corrected chi connectivity index (χ1v) is 4.50. The molecule has 73 valence electrons. The van der Waals surface area contributed by atoms with Crippen LogP contribution in [0.3, 0.4) is 0 Å². The van der Waals surface area contributed by atoms with Gasteiger partial charge in [-0.25, -0.2) is 4.39 Å². The van der Waals surface area contributed by atoms with Crippen molar-refractivity contribution >= 4 is 11.3 Å². The molecule has 0 aliphatic carbocycles. The Morgan fingerprint density at radius 1 is 1.71 bits per heavy atom. The van der Waals surface area contributed by atoms with Gasteiger partial charge in [-0.05, 0) is 17.0 Å². The largest absolute Gasteiger partial charge is 0.385 e. The van der Waals surface area contributed by atoms with Crippen LogP contribution >= 0.6 is 11.3 Å². The van der Waals surface area contributed by atoms with Gasteiger partial charge in [0.2, 0.25) is 0 Å². The molecule has 1 rings (SSSR count). The van der Waals surface area contributed by atoms with E-state index in [1.165, 1.54) is 11.3 Å².